The van der Waals surface area contributed by atoms with Gasteiger partial charge in [-0.1, -0.05) is 23.7 Å². The van der Waals surface area contributed by atoms with Gasteiger partial charge in [0.1, 0.15) is 6.54 Å². The molecule has 0 unspecified atom stereocenters. The molecule has 0 fully saturated rings. The Bertz CT molecular complexity index is 643. The molecule has 0 aliphatic carbocycles. The number of aliphatic hydroxyl groups excluding tert-OH is 1. The van der Waals surface area contributed by atoms with Crippen LogP contribution >= 0.6 is 11.6 Å². The number of hydrogen-bond acceptors (Lipinski definition) is 4. The van der Waals surface area contributed by atoms with Gasteiger partial charge in [-0.3, -0.25) is 9.59 Å². The number of carbonyl (C=O) groups excluding carboxylic acids is 2. The van der Waals surface area contributed by atoms with Crippen LogP contribution in [0.5, 0.6) is 0 Å². The van der Waals surface area contributed by atoms with Gasteiger partial charge >= 0.3 is 0 Å². The van der Waals surface area contributed by atoms with Gasteiger partial charge in [0.25, 0.3) is 5.91 Å². The van der Waals surface area contributed by atoms with E-state index < -0.39 is 23.5 Å². The Kier molecular flexibility index (Phi) is 3.77. The first-order valence-corrected chi connectivity index (χ1v) is 6.22. The van der Waals surface area contributed by atoms with Crippen molar-refractivity contribution in [3.63, 3.8) is 0 Å². The minimum Gasteiger partial charge on any atom is -0.503 e. The van der Waals surface area contributed by atoms with Gasteiger partial charge in [0.05, 0.1) is 17.7 Å². The normalized spacial score (nSPS) is 18.4. The van der Waals surface area contributed by atoms with E-state index in [-0.39, 0.29) is 12.1 Å². The second kappa shape index (κ2) is 5.35. The van der Waals surface area contributed by atoms with Crippen molar-refractivity contribution in [2.24, 2.45) is 0 Å². The number of carbonyl (C=O) groups is 2. The van der Waals surface area contributed by atoms with Crippen LogP contribution in [0.25, 0.3) is 0 Å². The molecule has 6 heteroatoms. The number of amides is 1. The quantitative estimate of drug-likeness (QED) is 0.865. The van der Waals surface area contributed by atoms with Crippen LogP contribution < -0.4 is 0 Å². The fourth-order valence-corrected chi connectivity index (χ4v) is 2.37. The van der Waals surface area contributed by atoms with E-state index >= 15 is 0 Å². The molecular formula is C14H11ClN2O3. The molecule has 1 atom stereocenters. The first-order valence-electron chi connectivity index (χ1n) is 5.84. The molecule has 0 saturated carbocycles. The maximum absolute atomic E-state index is 11.9. The number of hydrogen-bond donors (Lipinski definition) is 1. The Hall–Kier alpha value is -2.32. The van der Waals surface area contributed by atoms with E-state index in [1.165, 1.54) is 6.92 Å². The minimum absolute atomic E-state index is 0.00701. The van der Waals surface area contributed by atoms with Gasteiger partial charge in [0.2, 0.25) is 0 Å². The van der Waals surface area contributed by atoms with Crippen LogP contribution in [0, 0.1) is 11.3 Å². The summed E-state index contributed by atoms with van der Waals surface area (Å²) >= 11 is 5.81. The highest BCUT2D eigenvalue weighted by Crippen LogP contribution is 2.37. The Labute approximate surface area is 120 Å². The molecule has 1 amide bonds. The summed E-state index contributed by atoms with van der Waals surface area (Å²) in [6.07, 6.45) is 0. The number of nitrogens with zero attached hydrogens (tertiary/aromatic N) is 2. The number of benzene rings is 1. The number of rotatable bonds is 3. The number of Topliss-reactive ketones (excluding diaryl/α,β-unsaturated/α-hetero) is 1. The summed E-state index contributed by atoms with van der Waals surface area (Å²) in [6.45, 7) is 1.06. The minimum atomic E-state index is -0.753. The van der Waals surface area contributed by atoms with E-state index in [0.29, 0.717) is 10.6 Å². The molecule has 2 rings (SSSR count). The number of aliphatic hydroxyl groups is 1. The third kappa shape index (κ3) is 2.26. The first-order chi connectivity index (χ1) is 9.47. The van der Waals surface area contributed by atoms with Crippen molar-refractivity contribution in [3.05, 3.63) is 46.2 Å². The zero-order chi connectivity index (χ0) is 14.9. The largest absolute Gasteiger partial charge is 0.503 e. The fourth-order valence-electron chi connectivity index (χ4n) is 2.24. The van der Waals surface area contributed by atoms with Crippen LogP contribution in [0.4, 0.5) is 0 Å². The van der Waals surface area contributed by atoms with Gasteiger partial charge < -0.3 is 10.0 Å². The van der Waals surface area contributed by atoms with Crippen molar-refractivity contribution in [2.75, 3.05) is 6.54 Å². The summed E-state index contributed by atoms with van der Waals surface area (Å²) in [5, 5.41) is 19.2. The summed E-state index contributed by atoms with van der Waals surface area (Å²) in [5.74, 6) is -1.71. The molecule has 102 valence electrons. The maximum Gasteiger partial charge on any atom is 0.290 e. The molecule has 0 bridgehead atoms. The van der Waals surface area contributed by atoms with Crippen LogP contribution in [0.15, 0.2) is 35.6 Å². The smallest absolute Gasteiger partial charge is 0.290 e. The third-order valence-electron chi connectivity index (χ3n) is 3.11. The Morgan fingerprint density at radius 2 is 2.05 bits per heavy atom. The van der Waals surface area contributed by atoms with Crippen LogP contribution in [-0.4, -0.2) is 28.2 Å². The van der Waals surface area contributed by atoms with E-state index in [0.717, 1.165) is 4.90 Å². The molecule has 1 heterocycles. The standard InChI is InChI=1S/C14H11ClN2O3/c1-8(18)11-12(9-2-4-10(15)5-3-9)17(7-6-16)14(20)13(11)19/h2-5,12,19H,7H2,1H3/t12-/m0/s1. The molecular weight excluding hydrogens is 280 g/mol. The molecule has 0 aromatic heterocycles. The highest BCUT2D eigenvalue weighted by atomic mass is 35.5. The lowest BCUT2D eigenvalue weighted by Crippen LogP contribution is -2.31. The van der Waals surface area contributed by atoms with Gasteiger partial charge in [0, 0.05) is 5.02 Å². The van der Waals surface area contributed by atoms with Gasteiger partial charge in [-0.15, -0.1) is 0 Å². The lowest BCUT2D eigenvalue weighted by atomic mass is 9.97. The summed E-state index contributed by atoms with van der Waals surface area (Å²) in [7, 11) is 0. The molecule has 20 heavy (non-hydrogen) atoms. The van der Waals surface area contributed by atoms with Gasteiger partial charge in [-0.25, -0.2) is 0 Å². The van der Waals surface area contributed by atoms with Crippen molar-refractivity contribution < 1.29 is 14.7 Å². The second-order valence-electron chi connectivity index (χ2n) is 4.36. The monoisotopic (exact) mass is 290 g/mol. The van der Waals surface area contributed by atoms with Crippen molar-refractivity contribution in [2.45, 2.75) is 13.0 Å². The number of ketones is 1. The van der Waals surface area contributed by atoms with Crippen LogP contribution in [0.2, 0.25) is 5.02 Å². The SMILES string of the molecule is CC(=O)C1=C(O)C(=O)N(CC#N)[C@H]1c1ccc(Cl)cc1. The Morgan fingerprint density at radius 1 is 1.45 bits per heavy atom. The molecule has 1 aliphatic rings. The third-order valence-corrected chi connectivity index (χ3v) is 3.36. The van der Waals surface area contributed by atoms with Gasteiger partial charge in [-0.05, 0) is 24.6 Å². The fraction of sp³-hybridized carbons (Fsp3) is 0.214. The average molecular weight is 291 g/mol. The van der Waals surface area contributed by atoms with E-state index in [9.17, 15) is 14.7 Å². The summed E-state index contributed by atoms with van der Waals surface area (Å²) < 4.78 is 0. The zero-order valence-corrected chi connectivity index (χ0v) is 11.4. The average Bonchev–Trinajstić information content (AvgIpc) is 2.65. The van der Waals surface area contributed by atoms with E-state index in [4.69, 9.17) is 16.9 Å². The van der Waals surface area contributed by atoms with Crippen molar-refractivity contribution in [3.8, 4) is 6.07 Å². The molecule has 5 nitrogen and oxygen atoms in total. The predicted molar refractivity (Wildman–Crippen MR) is 71.9 cm³/mol. The Balaban J connectivity index is 2.54. The van der Waals surface area contributed by atoms with Gasteiger partial charge in [-0.2, -0.15) is 5.26 Å². The Morgan fingerprint density at radius 3 is 2.55 bits per heavy atom. The highest BCUT2D eigenvalue weighted by molar-refractivity contribution is 6.30. The van der Waals surface area contributed by atoms with E-state index in [2.05, 4.69) is 0 Å². The van der Waals surface area contributed by atoms with Crippen molar-refractivity contribution in [1.29, 1.82) is 5.26 Å². The maximum atomic E-state index is 11.9. The van der Waals surface area contributed by atoms with Crippen molar-refractivity contribution in [1.82, 2.24) is 4.90 Å². The zero-order valence-electron chi connectivity index (χ0n) is 10.6. The molecule has 0 spiro atoms. The second-order valence-corrected chi connectivity index (χ2v) is 4.80. The van der Waals surface area contributed by atoms with Crippen LogP contribution in [-0.2, 0) is 9.59 Å². The molecule has 1 N–H and O–H groups in total. The lowest BCUT2D eigenvalue weighted by molar-refractivity contribution is -0.128. The summed E-state index contributed by atoms with van der Waals surface area (Å²) in [6, 6.07) is 7.67. The molecule has 1 aliphatic heterocycles. The van der Waals surface area contributed by atoms with Crippen LogP contribution in [0.1, 0.15) is 18.5 Å². The lowest BCUT2D eigenvalue weighted by Gasteiger charge is -2.24. The summed E-state index contributed by atoms with van der Waals surface area (Å²) in [5.41, 5.74) is 0.625. The first kappa shape index (κ1) is 14.1. The van der Waals surface area contributed by atoms with Crippen molar-refractivity contribution >= 4 is 23.3 Å². The number of halogens is 1. The van der Waals surface area contributed by atoms with Crippen LogP contribution in [0.3, 0.4) is 0 Å². The molecule has 0 radical (unpaired) electrons. The summed E-state index contributed by atoms with van der Waals surface area (Å²) in [4.78, 5) is 24.8. The predicted octanol–water partition coefficient (Wildman–Crippen LogP) is 2.15. The molecule has 1 aromatic carbocycles. The van der Waals surface area contributed by atoms with E-state index in [1.54, 1.807) is 24.3 Å². The highest BCUT2D eigenvalue weighted by Gasteiger charge is 2.42. The molecule has 1 aromatic rings. The van der Waals surface area contributed by atoms with Gasteiger partial charge in [0.15, 0.2) is 11.5 Å². The topological polar surface area (TPSA) is 81.4 Å². The van der Waals surface area contributed by atoms with E-state index in [1.807, 2.05) is 6.07 Å². The molecule has 0 saturated heterocycles. The number of nitriles is 1.